The van der Waals surface area contributed by atoms with E-state index in [-0.39, 0.29) is 0 Å². The summed E-state index contributed by atoms with van der Waals surface area (Å²) in [6.07, 6.45) is 4.14. The lowest BCUT2D eigenvalue weighted by Gasteiger charge is -2.14. The molecule has 0 saturated carbocycles. The Balaban J connectivity index is 2.11. The fourth-order valence-corrected chi connectivity index (χ4v) is 1.31. The Labute approximate surface area is 79.9 Å². The zero-order valence-electron chi connectivity index (χ0n) is 8.29. The molecular weight excluding hydrogens is 162 g/mol. The van der Waals surface area contributed by atoms with Gasteiger partial charge in [0.1, 0.15) is 0 Å². The van der Waals surface area contributed by atoms with Crippen LogP contribution in [0.5, 0.6) is 0 Å². The second-order valence-corrected chi connectivity index (χ2v) is 3.39. The van der Waals surface area contributed by atoms with E-state index in [1.165, 1.54) is 5.69 Å². The Kier molecular flexibility index (Phi) is 4.57. The molecule has 0 aromatic carbocycles. The Morgan fingerprint density at radius 2 is 2.31 bits per heavy atom. The minimum Gasteiger partial charge on any atom is -0.365 e. The third kappa shape index (κ3) is 4.10. The average molecular weight is 181 g/mol. The van der Waals surface area contributed by atoms with Crippen molar-refractivity contribution in [3.63, 3.8) is 0 Å². The molecule has 0 aliphatic carbocycles. The van der Waals surface area contributed by atoms with E-state index >= 15 is 0 Å². The first-order chi connectivity index (χ1) is 6.33. The molecule has 1 aromatic rings. The molecule has 0 fully saturated rings. The summed E-state index contributed by atoms with van der Waals surface area (Å²) in [6, 6.07) is 4.16. The third-order valence-electron chi connectivity index (χ3n) is 2.17. The Morgan fingerprint density at radius 1 is 1.46 bits per heavy atom. The largest absolute Gasteiger partial charge is 0.365 e. The number of likely N-dealkylation sites (N-methyl/N-ethyl adjacent to an activating group) is 1. The van der Waals surface area contributed by atoms with Crippen LogP contribution in [0.4, 0.5) is 0 Å². The monoisotopic (exact) mass is 181 g/mol. The first kappa shape index (κ1) is 10.3. The normalized spacial score (nSPS) is 11.0. The zero-order valence-corrected chi connectivity index (χ0v) is 8.29. The highest BCUT2D eigenvalue weighted by Crippen LogP contribution is 1.97. The minimum atomic E-state index is 0.785. The van der Waals surface area contributed by atoms with Crippen molar-refractivity contribution in [2.75, 3.05) is 26.7 Å². The fraction of sp³-hybridized carbons (Fsp3) is 0.600. The third-order valence-corrected chi connectivity index (χ3v) is 2.17. The van der Waals surface area contributed by atoms with Crippen LogP contribution in [0.2, 0.25) is 0 Å². The number of nitrogens with two attached hydrogens (primary N) is 1. The van der Waals surface area contributed by atoms with Crippen molar-refractivity contribution in [1.82, 2.24) is 9.88 Å². The van der Waals surface area contributed by atoms with Crippen molar-refractivity contribution in [2.24, 2.45) is 5.73 Å². The van der Waals surface area contributed by atoms with E-state index in [0.717, 1.165) is 32.5 Å². The quantitative estimate of drug-likeness (QED) is 0.683. The van der Waals surface area contributed by atoms with Gasteiger partial charge >= 0.3 is 0 Å². The Bertz CT molecular complexity index is 206. The molecule has 0 saturated heterocycles. The van der Waals surface area contributed by atoms with E-state index in [9.17, 15) is 0 Å². The summed E-state index contributed by atoms with van der Waals surface area (Å²) >= 11 is 0. The standard InChI is InChI=1S/C10H19N3/c1-13(8-3-6-11)9-5-10-4-2-7-12-10/h2,4,7,12H,3,5-6,8-9,11H2,1H3. The summed E-state index contributed by atoms with van der Waals surface area (Å²) in [5.74, 6) is 0. The second kappa shape index (κ2) is 5.78. The molecule has 1 rings (SSSR count). The van der Waals surface area contributed by atoms with Crippen LogP contribution in [-0.2, 0) is 6.42 Å². The predicted octanol–water partition coefficient (Wildman–Crippen LogP) is 0.838. The second-order valence-electron chi connectivity index (χ2n) is 3.39. The van der Waals surface area contributed by atoms with Gasteiger partial charge in [-0.2, -0.15) is 0 Å². The van der Waals surface area contributed by atoms with Gasteiger partial charge in [-0.25, -0.2) is 0 Å². The maximum atomic E-state index is 5.43. The fourth-order valence-electron chi connectivity index (χ4n) is 1.31. The van der Waals surface area contributed by atoms with Crippen LogP contribution < -0.4 is 5.73 Å². The number of nitrogens with one attached hydrogen (secondary N) is 1. The number of H-pyrrole nitrogens is 1. The van der Waals surface area contributed by atoms with Gasteiger partial charge in [0.05, 0.1) is 0 Å². The summed E-state index contributed by atoms with van der Waals surface area (Å²) in [6.45, 7) is 2.98. The highest BCUT2D eigenvalue weighted by molar-refractivity contribution is 5.03. The van der Waals surface area contributed by atoms with Crippen LogP contribution in [0.3, 0.4) is 0 Å². The number of hydrogen-bond acceptors (Lipinski definition) is 2. The SMILES string of the molecule is CN(CCCN)CCc1ccc[nH]1. The van der Waals surface area contributed by atoms with Crippen LogP contribution in [0, 0.1) is 0 Å². The van der Waals surface area contributed by atoms with Crippen molar-refractivity contribution >= 4 is 0 Å². The van der Waals surface area contributed by atoms with E-state index < -0.39 is 0 Å². The molecule has 0 aliphatic heterocycles. The number of hydrogen-bond donors (Lipinski definition) is 2. The molecule has 0 amide bonds. The maximum absolute atomic E-state index is 5.43. The van der Waals surface area contributed by atoms with Gasteiger partial charge in [-0.1, -0.05) is 0 Å². The molecular formula is C10H19N3. The van der Waals surface area contributed by atoms with Crippen LogP contribution in [0.15, 0.2) is 18.3 Å². The van der Waals surface area contributed by atoms with Crippen molar-refractivity contribution in [2.45, 2.75) is 12.8 Å². The molecule has 1 heterocycles. The summed E-state index contributed by atoms with van der Waals surface area (Å²) in [5, 5.41) is 0. The molecule has 3 nitrogen and oxygen atoms in total. The summed E-state index contributed by atoms with van der Waals surface area (Å²) in [7, 11) is 2.14. The summed E-state index contributed by atoms with van der Waals surface area (Å²) < 4.78 is 0. The Morgan fingerprint density at radius 3 is 2.92 bits per heavy atom. The molecule has 74 valence electrons. The van der Waals surface area contributed by atoms with Crippen molar-refractivity contribution < 1.29 is 0 Å². The molecule has 0 radical (unpaired) electrons. The summed E-state index contributed by atoms with van der Waals surface area (Å²) in [5.41, 5.74) is 6.74. The van der Waals surface area contributed by atoms with E-state index in [1.807, 2.05) is 12.3 Å². The van der Waals surface area contributed by atoms with Gasteiger partial charge in [-0.15, -0.1) is 0 Å². The Hall–Kier alpha value is -0.800. The predicted molar refractivity (Wildman–Crippen MR) is 55.7 cm³/mol. The zero-order chi connectivity index (χ0) is 9.52. The molecule has 13 heavy (non-hydrogen) atoms. The lowest BCUT2D eigenvalue weighted by atomic mass is 10.3. The van der Waals surface area contributed by atoms with Crippen LogP contribution in [0.25, 0.3) is 0 Å². The number of aromatic amines is 1. The lowest BCUT2D eigenvalue weighted by Crippen LogP contribution is -2.24. The van der Waals surface area contributed by atoms with Crippen molar-refractivity contribution in [3.8, 4) is 0 Å². The first-order valence-corrected chi connectivity index (χ1v) is 4.84. The van der Waals surface area contributed by atoms with Gasteiger partial charge in [-0.3, -0.25) is 0 Å². The molecule has 3 N–H and O–H groups in total. The molecule has 1 aromatic heterocycles. The highest BCUT2D eigenvalue weighted by atomic mass is 15.1. The smallest absolute Gasteiger partial charge is 0.0159 e. The lowest BCUT2D eigenvalue weighted by molar-refractivity contribution is 0.334. The topological polar surface area (TPSA) is 45.0 Å². The van der Waals surface area contributed by atoms with Crippen molar-refractivity contribution in [1.29, 1.82) is 0 Å². The van der Waals surface area contributed by atoms with Crippen molar-refractivity contribution in [3.05, 3.63) is 24.0 Å². The molecule has 3 heteroatoms. The minimum absolute atomic E-state index is 0.785. The van der Waals surface area contributed by atoms with Gasteiger partial charge < -0.3 is 15.6 Å². The number of nitrogens with zero attached hydrogens (tertiary/aromatic N) is 1. The van der Waals surface area contributed by atoms with E-state index in [1.54, 1.807) is 0 Å². The average Bonchev–Trinajstić information content (AvgIpc) is 2.64. The van der Waals surface area contributed by atoms with E-state index in [0.29, 0.717) is 0 Å². The van der Waals surface area contributed by atoms with Gasteiger partial charge in [0.25, 0.3) is 0 Å². The molecule has 0 aliphatic rings. The van der Waals surface area contributed by atoms with Gasteiger partial charge in [0.2, 0.25) is 0 Å². The number of rotatable bonds is 6. The van der Waals surface area contributed by atoms with Crippen LogP contribution in [-0.4, -0.2) is 36.6 Å². The molecule has 0 unspecified atom stereocenters. The molecule has 0 bridgehead atoms. The van der Waals surface area contributed by atoms with Crippen LogP contribution >= 0.6 is 0 Å². The van der Waals surface area contributed by atoms with E-state index in [2.05, 4.69) is 23.0 Å². The molecule has 0 spiro atoms. The van der Waals surface area contributed by atoms with Gasteiger partial charge in [0, 0.05) is 24.9 Å². The first-order valence-electron chi connectivity index (χ1n) is 4.84. The van der Waals surface area contributed by atoms with Gasteiger partial charge in [0.15, 0.2) is 0 Å². The number of aromatic nitrogens is 1. The highest BCUT2D eigenvalue weighted by Gasteiger charge is 1.98. The summed E-state index contributed by atoms with van der Waals surface area (Å²) in [4.78, 5) is 5.51. The van der Waals surface area contributed by atoms with Gasteiger partial charge in [-0.05, 0) is 38.7 Å². The molecule has 0 atom stereocenters. The maximum Gasteiger partial charge on any atom is 0.0159 e. The van der Waals surface area contributed by atoms with Crippen LogP contribution in [0.1, 0.15) is 12.1 Å². The van der Waals surface area contributed by atoms with E-state index in [4.69, 9.17) is 5.73 Å².